The summed E-state index contributed by atoms with van der Waals surface area (Å²) in [7, 11) is 2.19. The third kappa shape index (κ3) is 3.56. The van der Waals surface area contributed by atoms with Gasteiger partial charge >= 0.3 is 0 Å². The van der Waals surface area contributed by atoms with Crippen LogP contribution in [0.1, 0.15) is 24.0 Å². The molecule has 0 amide bonds. The second kappa shape index (κ2) is 6.53. The van der Waals surface area contributed by atoms with E-state index in [0.717, 1.165) is 30.1 Å². The highest BCUT2D eigenvalue weighted by molar-refractivity contribution is 5.37. The number of rotatable bonds is 4. The van der Waals surface area contributed by atoms with Crippen LogP contribution in [0, 0.1) is 17.2 Å². The Morgan fingerprint density at radius 1 is 1.33 bits per heavy atom. The Labute approximate surface area is 109 Å². The number of benzene rings is 1. The van der Waals surface area contributed by atoms with Crippen molar-refractivity contribution in [3.8, 4) is 6.07 Å². The van der Waals surface area contributed by atoms with Gasteiger partial charge in [-0.05, 0) is 57.1 Å². The van der Waals surface area contributed by atoms with E-state index in [9.17, 15) is 0 Å². The van der Waals surface area contributed by atoms with Crippen molar-refractivity contribution in [3.05, 3.63) is 35.4 Å². The molecule has 0 aliphatic carbocycles. The van der Waals surface area contributed by atoms with E-state index in [2.05, 4.69) is 23.3 Å². The van der Waals surface area contributed by atoms with Crippen molar-refractivity contribution in [2.75, 3.05) is 26.7 Å². The molecule has 2 rings (SSSR count). The van der Waals surface area contributed by atoms with Crippen LogP contribution in [0.3, 0.4) is 0 Å². The van der Waals surface area contributed by atoms with E-state index in [4.69, 9.17) is 5.26 Å². The Morgan fingerprint density at radius 3 is 2.78 bits per heavy atom. The van der Waals surface area contributed by atoms with E-state index >= 15 is 0 Å². The Balaban J connectivity index is 1.77. The average Bonchev–Trinajstić information content (AvgIpc) is 2.41. The second-order valence-corrected chi connectivity index (χ2v) is 5.15. The van der Waals surface area contributed by atoms with Crippen molar-refractivity contribution in [1.29, 1.82) is 5.26 Å². The smallest absolute Gasteiger partial charge is 0.0995 e. The Hall–Kier alpha value is -1.37. The van der Waals surface area contributed by atoms with Crippen molar-refractivity contribution in [2.24, 2.45) is 5.92 Å². The van der Waals surface area contributed by atoms with Gasteiger partial charge in [0.1, 0.15) is 0 Å². The third-order valence-corrected chi connectivity index (χ3v) is 3.72. The molecule has 1 aromatic rings. The fraction of sp³-hybridized carbons (Fsp3) is 0.533. The maximum absolute atomic E-state index is 9.01. The number of likely N-dealkylation sites (tertiary alicyclic amines) is 1. The highest BCUT2D eigenvalue weighted by atomic mass is 15.1. The van der Waals surface area contributed by atoms with Crippen molar-refractivity contribution in [3.63, 3.8) is 0 Å². The van der Waals surface area contributed by atoms with Crippen molar-refractivity contribution in [1.82, 2.24) is 10.2 Å². The van der Waals surface area contributed by atoms with Gasteiger partial charge in [0.2, 0.25) is 0 Å². The first-order chi connectivity index (χ1) is 8.79. The minimum atomic E-state index is 0.786. The van der Waals surface area contributed by atoms with Gasteiger partial charge in [-0.25, -0.2) is 0 Å². The molecule has 1 N–H and O–H groups in total. The molecular weight excluding hydrogens is 222 g/mol. The molecule has 0 aromatic heterocycles. The number of nitrogens with zero attached hydrogens (tertiary/aromatic N) is 2. The van der Waals surface area contributed by atoms with Crippen LogP contribution in [0.5, 0.6) is 0 Å². The topological polar surface area (TPSA) is 39.1 Å². The van der Waals surface area contributed by atoms with Gasteiger partial charge < -0.3 is 10.2 Å². The van der Waals surface area contributed by atoms with E-state index in [0.29, 0.717) is 0 Å². The highest BCUT2D eigenvalue weighted by Crippen LogP contribution is 2.15. The lowest BCUT2D eigenvalue weighted by Crippen LogP contribution is -2.34. The molecule has 0 atom stereocenters. The minimum absolute atomic E-state index is 0.786. The first kappa shape index (κ1) is 13.1. The lowest BCUT2D eigenvalue weighted by molar-refractivity contribution is 0.216. The molecule has 0 radical (unpaired) electrons. The summed E-state index contributed by atoms with van der Waals surface area (Å²) < 4.78 is 0. The van der Waals surface area contributed by atoms with Crippen molar-refractivity contribution >= 4 is 0 Å². The van der Waals surface area contributed by atoms with Crippen LogP contribution in [0.15, 0.2) is 24.3 Å². The quantitative estimate of drug-likeness (QED) is 0.879. The fourth-order valence-electron chi connectivity index (χ4n) is 2.46. The van der Waals surface area contributed by atoms with E-state index in [-0.39, 0.29) is 0 Å². The monoisotopic (exact) mass is 243 g/mol. The summed E-state index contributed by atoms with van der Waals surface area (Å²) in [5.74, 6) is 0.787. The maximum atomic E-state index is 9.01. The molecule has 1 aromatic carbocycles. The van der Waals surface area contributed by atoms with Gasteiger partial charge in [-0.15, -0.1) is 0 Å². The number of nitriles is 1. The molecule has 0 saturated carbocycles. The standard InChI is InChI=1S/C15H21N3/c1-18-8-6-13(7-9-18)11-17-12-15-5-3-2-4-14(15)10-16/h2-5,13,17H,6-9,11-12H2,1H3. The van der Waals surface area contributed by atoms with Crippen molar-refractivity contribution in [2.45, 2.75) is 19.4 Å². The van der Waals surface area contributed by atoms with E-state index in [1.807, 2.05) is 24.3 Å². The maximum Gasteiger partial charge on any atom is 0.0995 e. The summed E-state index contributed by atoms with van der Waals surface area (Å²) in [6.45, 7) is 4.28. The van der Waals surface area contributed by atoms with Gasteiger partial charge in [0.25, 0.3) is 0 Å². The normalized spacial score (nSPS) is 17.6. The van der Waals surface area contributed by atoms with Gasteiger partial charge in [0, 0.05) is 6.54 Å². The molecule has 1 fully saturated rings. The average molecular weight is 243 g/mol. The molecule has 3 nitrogen and oxygen atoms in total. The lowest BCUT2D eigenvalue weighted by atomic mass is 9.97. The lowest BCUT2D eigenvalue weighted by Gasteiger charge is -2.29. The van der Waals surface area contributed by atoms with Crippen LogP contribution in [0.2, 0.25) is 0 Å². The van der Waals surface area contributed by atoms with Gasteiger partial charge in [0.05, 0.1) is 11.6 Å². The Morgan fingerprint density at radius 2 is 2.06 bits per heavy atom. The minimum Gasteiger partial charge on any atom is -0.312 e. The molecule has 18 heavy (non-hydrogen) atoms. The van der Waals surface area contributed by atoms with Gasteiger partial charge in [0.15, 0.2) is 0 Å². The fourth-order valence-corrected chi connectivity index (χ4v) is 2.46. The van der Waals surface area contributed by atoms with Crippen LogP contribution in [0.4, 0.5) is 0 Å². The molecule has 1 aliphatic rings. The zero-order valence-electron chi connectivity index (χ0n) is 11.0. The summed E-state index contributed by atoms with van der Waals surface area (Å²) in [5.41, 5.74) is 1.89. The van der Waals surface area contributed by atoms with Crippen LogP contribution in [-0.2, 0) is 6.54 Å². The summed E-state index contributed by atoms with van der Waals surface area (Å²) in [6.07, 6.45) is 2.56. The van der Waals surface area contributed by atoms with Gasteiger partial charge in [-0.2, -0.15) is 5.26 Å². The summed E-state index contributed by atoms with van der Waals surface area (Å²) in [5, 5.41) is 12.5. The molecule has 1 heterocycles. The Bertz CT molecular complexity index is 414. The highest BCUT2D eigenvalue weighted by Gasteiger charge is 2.15. The molecule has 3 heteroatoms. The molecular formula is C15H21N3. The predicted octanol–water partition coefficient (Wildman–Crippen LogP) is 1.99. The largest absolute Gasteiger partial charge is 0.312 e. The molecule has 0 unspecified atom stereocenters. The third-order valence-electron chi connectivity index (χ3n) is 3.72. The van der Waals surface area contributed by atoms with Crippen molar-refractivity contribution < 1.29 is 0 Å². The molecule has 0 bridgehead atoms. The zero-order valence-corrected chi connectivity index (χ0v) is 11.0. The number of piperidine rings is 1. The SMILES string of the molecule is CN1CCC(CNCc2ccccc2C#N)CC1. The molecule has 1 aliphatic heterocycles. The van der Waals surface area contributed by atoms with Crippen LogP contribution >= 0.6 is 0 Å². The predicted molar refractivity (Wildman–Crippen MR) is 73.1 cm³/mol. The van der Waals surface area contributed by atoms with E-state index in [1.54, 1.807) is 0 Å². The van der Waals surface area contributed by atoms with E-state index < -0.39 is 0 Å². The number of nitrogens with one attached hydrogen (secondary N) is 1. The Kier molecular flexibility index (Phi) is 4.74. The molecule has 96 valence electrons. The summed E-state index contributed by atoms with van der Waals surface area (Å²) >= 11 is 0. The first-order valence-corrected chi connectivity index (χ1v) is 6.67. The van der Waals surface area contributed by atoms with Gasteiger partial charge in [-0.1, -0.05) is 18.2 Å². The second-order valence-electron chi connectivity index (χ2n) is 5.15. The van der Waals surface area contributed by atoms with Crippen LogP contribution in [-0.4, -0.2) is 31.6 Å². The number of hydrogen-bond acceptors (Lipinski definition) is 3. The summed E-state index contributed by atoms with van der Waals surface area (Å²) in [4.78, 5) is 2.39. The van der Waals surface area contributed by atoms with E-state index in [1.165, 1.54) is 25.9 Å². The number of hydrogen-bond donors (Lipinski definition) is 1. The summed E-state index contributed by atoms with van der Waals surface area (Å²) in [6, 6.07) is 10.1. The van der Waals surface area contributed by atoms with Gasteiger partial charge in [-0.3, -0.25) is 0 Å². The van der Waals surface area contributed by atoms with Crippen LogP contribution < -0.4 is 5.32 Å². The van der Waals surface area contributed by atoms with Crippen LogP contribution in [0.25, 0.3) is 0 Å². The molecule has 1 saturated heterocycles. The zero-order chi connectivity index (χ0) is 12.8. The first-order valence-electron chi connectivity index (χ1n) is 6.67. The molecule has 0 spiro atoms.